The summed E-state index contributed by atoms with van der Waals surface area (Å²) < 4.78 is 0. The van der Waals surface area contributed by atoms with Crippen LogP contribution in [0.25, 0.3) is 0 Å². The van der Waals surface area contributed by atoms with E-state index in [1.165, 1.54) is 193 Å². The molecule has 2 N–H and O–H groups in total. The maximum Gasteiger partial charge on any atom is -0.00489 e. The highest BCUT2D eigenvalue weighted by Gasteiger charge is 2.06. The van der Waals surface area contributed by atoms with E-state index in [4.69, 9.17) is 5.73 Å². The molecule has 0 bridgehead atoms. The summed E-state index contributed by atoms with van der Waals surface area (Å²) in [6, 6.07) is 0. The Balaban J connectivity index is 3.34. The van der Waals surface area contributed by atoms with Crippen LogP contribution >= 0.6 is 0 Å². The fraction of sp³-hybridized carbons (Fsp3) is 0.895. The lowest BCUT2D eigenvalue weighted by atomic mass is 9.94. The lowest BCUT2D eigenvalue weighted by Crippen LogP contribution is -2.14. The summed E-state index contributed by atoms with van der Waals surface area (Å²) in [5.74, 6) is 0.776. The molecule has 0 spiro atoms. The average molecular weight is 546 g/mol. The monoisotopic (exact) mass is 546 g/mol. The molecule has 0 aliphatic heterocycles. The van der Waals surface area contributed by atoms with E-state index < -0.39 is 0 Å². The van der Waals surface area contributed by atoms with Crippen molar-refractivity contribution in [3.8, 4) is 0 Å². The molecule has 0 saturated carbocycles. The highest BCUT2D eigenvalue weighted by atomic mass is 14.5. The second-order valence-corrected chi connectivity index (χ2v) is 12.6. The molecule has 0 aromatic rings. The zero-order valence-corrected chi connectivity index (χ0v) is 27.4. The van der Waals surface area contributed by atoms with Gasteiger partial charge in [-0.2, -0.15) is 0 Å². The van der Waals surface area contributed by atoms with Crippen molar-refractivity contribution in [3.63, 3.8) is 0 Å². The van der Waals surface area contributed by atoms with Crippen LogP contribution in [-0.2, 0) is 0 Å². The predicted molar refractivity (Wildman–Crippen MR) is 181 cm³/mol. The van der Waals surface area contributed by atoms with Gasteiger partial charge in [-0.05, 0) is 76.7 Å². The summed E-state index contributed by atoms with van der Waals surface area (Å²) in [5, 5.41) is 0. The molecule has 0 aliphatic rings. The summed E-state index contributed by atoms with van der Waals surface area (Å²) in [7, 11) is 0. The Labute approximate surface area is 248 Å². The summed E-state index contributed by atoms with van der Waals surface area (Å²) in [5.41, 5.74) is 6.09. The Morgan fingerprint density at radius 1 is 0.359 bits per heavy atom. The van der Waals surface area contributed by atoms with Gasteiger partial charge in [-0.3, -0.25) is 0 Å². The Kier molecular flexibility index (Phi) is 35.0. The third kappa shape index (κ3) is 33.5. The fourth-order valence-corrected chi connectivity index (χ4v) is 5.74. The molecule has 0 unspecified atom stereocenters. The van der Waals surface area contributed by atoms with Crippen molar-refractivity contribution < 1.29 is 0 Å². The number of allylic oxidation sites excluding steroid dienone is 4. The van der Waals surface area contributed by atoms with Crippen LogP contribution in [0.3, 0.4) is 0 Å². The Hall–Kier alpha value is -0.560. The molecular formula is C38H75N. The normalized spacial score (nSPS) is 12.8. The lowest BCUT2D eigenvalue weighted by molar-refractivity contribution is 0.410. The van der Waals surface area contributed by atoms with E-state index in [9.17, 15) is 0 Å². The fourth-order valence-electron chi connectivity index (χ4n) is 5.74. The molecule has 0 amide bonds. The molecular weight excluding hydrogens is 470 g/mol. The number of unbranched alkanes of at least 4 members (excludes halogenated alkanes) is 24. The van der Waals surface area contributed by atoms with E-state index in [0.717, 1.165) is 12.5 Å². The molecule has 0 radical (unpaired) electrons. The third-order valence-electron chi connectivity index (χ3n) is 8.58. The van der Waals surface area contributed by atoms with Crippen molar-refractivity contribution in [1.82, 2.24) is 0 Å². The standard InChI is InChI=1S/C38H75N/c1-3-5-7-9-11-13-15-17-19-21-23-25-27-29-31-33-35-38(37-39)36-34-32-30-28-26-24-22-20-18-16-14-12-10-8-6-4-2/h17-20,38H,3-16,21-37,39H2,1-2H3. The van der Waals surface area contributed by atoms with Crippen LogP contribution in [0.4, 0.5) is 0 Å². The van der Waals surface area contributed by atoms with Crippen molar-refractivity contribution >= 4 is 0 Å². The van der Waals surface area contributed by atoms with Crippen LogP contribution in [0, 0.1) is 5.92 Å². The second kappa shape index (κ2) is 35.5. The summed E-state index contributed by atoms with van der Waals surface area (Å²) >= 11 is 0. The number of rotatable bonds is 33. The Morgan fingerprint density at radius 2 is 0.615 bits per heavy atom. The first kappa shape index (κ1) is 38.4. The molecule has 1 nitrogen and oxygen atoms in total. The summed E-state index contributed by atoms with van der Waals surface area (Å²) in [4.78, 5) is 0. The van der Waals surface area contributed by atoms with Gasteiger partial charge in [-0.25, -0.2) is 0 Å². The first-order valence-electron chi connectivity index (χ1n) is 18.3. The maximum atomic E-state index is 6.09. The lowest BCUT2D eigenvalue weighted by Gasteiger charge is -2.14. The molecule has 0 fully saturated rings. The maximum absolute atomic E-state index is 6.09. The summed E-state index contributed by atoms with van der Waals surface area (Å²) in [6.07, 6.45) is 51.5. The first-order chi connectivity index (χ1) is 19.3. The van der Waals surface area contributed by atoms with Crippen LogP contribution in [0.2, 0.25) is 0 Å². The minimum absolute atomic E-state index is 0.776. The minimum atomic E-state index is 0.776. The van der Waals surface area contributed by atoms with Crippen LogP contribution in [0.15, 0.2) is 24.3 Å². The van der Waals surface area contributed by atoms with E-state index in [-0.39, 0.29) is 0 Å². The third-order valence-corrected chi connectivity index (χ3v) is 8.58. The molecule has 0 aromatic heterocycles. The first-order valence-corrected chi connectivity index (χ1v) is 18.3. The highest BCUT2D eigenvalue weighted by molar-refractivity contribution is 4.82. The van der Waals surface area contributed by atoms with Gasteiger partial charge < -0.3 is 5.73 Å². The van der Waals surface area contributed by atoms with Crippen molar-refractivity contribution in [2.45, 2.75) is 206 Å². The quantitative estimate of drug-likeness (QED) is 0.0644. The van der Waals surface area contributed by atoms with Gasteiger partial charge in [0, 0.05) is 0 Å². The molecule has 0 atom stereocenters. The van der Waals surface area contributed by atoms with Crippen molar-refractivity contribution in [3.05, 3.63) is 24.3 Å². The Bertz CT molecular complexity index is 437. The van der Waals surface area contributed by atoms with Gasteiger partial charge in [-0.1, -0.05) is 167 Å². The number of nitrogens with two attached hydrogens (primary N) is 1. The SMILES string of the molecule is CCCCCCCCC=CCCCCCCCCC(CN)CCCCCCCCC=CCCCCCCCC. The molecule has 0 saturated heterocycles. The van der Waals surface area contributed by atoms with Gasteiger partial charge in [0.05, 0.1) is 0 Å². The molecule has 39 heavy (non-hydrogen) atoms. The zero-order valence-electron chi connectivity index (χ0n) is 27.4. The van der Waals surface area contributed by atoms with E-state index in [1.54, 1.807) is 0 Å². The van der Waals surface area contributed by atoms with Crippen molar-refractivity contribution in [2.75, 3.05) is 6.54 Å². The molecule has 0 rings (SSSR count). The van der Waals surface area contributed by atoms with Crippen molar-refractivity contribution in [1.29, 1.82) is 0 Å². The number of hydrogen-bond donors (Lipinski definition) is 1. The van der Waals surface area contributed by atoms with Crippen LogP contribution in [-0.4, -0.2) is 6.54 Å². The van der Waals surface area contributed by atoms with Gasteiger partial charge in [-0.15, -0.1) is 0 Å². The van der Waals surface area contributed by atoms with Gasteiger partial charge in [0.1, 0.15) is 0 Å². The van der Waals surface area contributed by atoms with Crippen LogP contribution in [0.5, 0.6) is 0 Å². The van der Waals surface area contributed by atoms with Gasteiger partial charge >= 0.3 is 0 Å². The molecule has 232 valence electrons. The topological polar surface area (TPSA) is 26.0 Å². The van der Waals surface area contributed by atoms with E-state index in [1.807, 2.05) is 0 Å². The van der Waals surface area contributed by atoms with Crippen molar-refractivity contribution in [2.24, 2.45) is 11.7 Å². The van der Waals surface area contributed by atoms with Gasteiger partial charge in [0.15, 0.2) is 0 Å². The highest BCUT2D eigenvalue weighted by Crippen LogP contribution is 2.19. The molecule has 1 heteroatoms. The van der Waals surface area contributed by atoms with Gasteiger partial charge in [0.2, 0.25) is 0 Å². The number of hydrogen-bond acceptors (Lipinski definition) is 1. The van der Waals surface area contributed by atoms with Crippen LogP contribution < -0.4 is 5.73 Å². The molecule has 0 heterocycles. The second-order valence-electron chi connectivity index (χ2n) is 12.6. The van der Waals surface area contributed by atoms with E-state index >= 15 is 0 Å². The molecule has 0 aliphatic carbocycles. The predicted octanol–water partition coefficient (Wildman–Crippen LogP) is 13.4. The molecule has 0 aromatic carbocycles. The zero-order chi connectivity index (χ0) is 28.3. The smallest absolute Gasteiger partial charge is 0.00489 e. The largest absolute Gasteiger partial charge is 0.330 e. The minimum Gasteiger partial charge on any atom is -0.330 e. The average Bonchev–Trinajstić information content (AvgIpc) is 2.95. The van der Waals surface area contributed by atoms with E-state index in [2.05, 4.69) is 38.2 Å². The van der Waals surface area contributed by atoms with Crippen LogP contribution in [0.1, 0.15) is 206 Å². The summed E-state index contributed by atoms with van der Waals surface area (Å²) in [6.45, 7) is 5.49. The Morgan fingerprint density at radius 3 is 0.897 bits per heavy atom. The van der Waals surface area contributed by atoms with E-state index in [0.29, 0.717) is 0 Å². The van der Waals surface area contributed by atoms with Gasteiger partial charge in [0.25, 0.3) is 0 Å².